The summed E-state index contributed by atoms with van der Waals surface area (Å²) in [5.41, 5.74) is 1.92. The van der Waals surface area contributed by atoms with E-state index in [1.165, 1.54) is 12.1 Å². The third-order valence-electron chi connectivity index (χ3n) is 3.96. The Bertz CT molecular complexity index is 800. The van der Waals surface area contributed by atoms with Gasteiger partial charge in [-0.05, 0) is 48.4 Å². The average Bonchev–Trinajstić information content (AvgIpc) is 2.67. The molecule has 3 N–H and O–H groups in total. The van der Waals surface area contributed by atoms with Gasteiger partial charge in [-0.25, -0.2) is 0 Å². The second kappa shape index (κ2) is 9.38. The van der Waals surface area contributed by atoms with Gasteiger partial charge in [0.25, 0.3) is 5.91 Å². The Hall–Kier alpha value is -3.35. The lowest BCUT2D eigenvalue weighted by atomic mass is 10.00. The molecule has 27 heavy (non-hydrogen) atoms. The molecular formula is C20H22N2O5. The van der Waals surface area contributed by atoms with Gasteiger partial charge in [0, 0.05) is 17.2 Å². The number of amides is 2. The predicted molar refractivity (Wildman–Crippen MR) is 101 cm³/mol. The fourth-order valence-corrected chi connectivity index (χ4v) is 2.44. The van der Waals surface area contributed by atoms with Crippen LogP contribution in [0.15, 0.2) is 48.5 Å². The molecule has 0 bridgehead atoms. The third kappa shape index (κ3) is 6.14. The number of rotatable bonds is 8. The molecule has 0 aliphatic heterocycles. The molecule has 0 saturated heterocycles. The number of nitrogens with one attached hydrogen (secondary N) is 2. The predicted octanol–water partition coefficient (Wildman–Crippen LogP) is 2.33. The Labute approximate surface area is 157 Å². The number of benzene rings is 2. The first-order valence-corrected chi connectivity index (χ1v) is 8.43. The fourth-order valence-electron chi connectivity index (χ4n) is 2.44. The van der Waals surface area contributed by atoms with Crippen LogP contribution in [0.3, 0.4) is 0 Å². The Morgan fingerprint density at radius 2 is 1.67 bits per heavy atom. The van der Waals surface area contributed by atoms with Gasteiger partial charge in [-0.2, -0.15) is 0 Å². The molecule has 2 aromatic carbocycles. The van der Waals surface area contributed by atoms with Crippen LogP contribution in [-0.4, -0.2) is 36.5 Å². The zero-order valence-electron chi connectivity index (χ0n) is 15.2. The van der Waals surface area contributed by atoms with Crippen molar-refractivity contribution in [1.82, 2.24) is 5.32 Å². The summed E-state index contributed by atoms with van der Waals surface area (Å²) in [5, 5.41) is 13.7. The molecule has 2 aromatic rings. The van der Waals surface area contributed by atoms with E-state index in [9.17, 15) is 14.4 Å². The largest absolute Gasteiger partial charge is 0.497 e. The van der Waals surface area contributed by atoms with Gasteiger partial charge in [-0.3, -0.25) is 14.4 Å². The van der Waals surface area contributed by atoms with E-state index < -0.39 is 18.4 Å². The maximum atomic E-state index is 12.4. The molecule has 2 rings (SSSR count). The van der Waals surface area contributed by atoms with Crippen LogP contribution in [0, 0.1) is 5.92 Å². The van der Waals surface area contributed by atoms with Crippen molar-refractivity contribution in [1.29, 1.82) is 0 Å². The van der Waals surface area contributed by atoms with Gasteiger partial charge in [0.2, 0.25) is 5.91 Å². The van der Waals surface area contributed by atoms with Crippen LogP contribution >= 0.6 is 0 Å². The number of carbonyl (C=O) groups excluding carboxylic acids is 2. The molecule has 1 atom stereocenters. The van der Waals surface area contributed by atoms with Crippen molar-refractivity contribution in [3.8, 4) is 5.75 Å². The van der Waals surface area contributed by atoms with Crippen LogP contribution in [0.4, 0.5) is 5.69 Å². The number of anilines is 1. The minimum Gasteiger partial charge on any atom is -0.497 e. The smallest absolute Gasteiger partial charge is 0.322 e. The highest BCUT2D eigenvalue weighted by Crippen LogP contribution is 2.16. The lowest BCUT2D eigenvalue weighted by molar-refractivity contribution is -0.135. The van der Waals surface area contributed by atoms with Crippen LogP contribution < -0.4 is 15.4 Å². The standard InChI is InChI=1S/C20H22N2O5/c1-13(11-14-3-9-17(27-2)10-4-14)19(25)22-16-7-5-15(6-8-16)20(26)21-12-18(23)24/h3-10,13H,11-12H2,1-2H3,(H,21,26)(H,22,25)(H,23,24). The zero-order chi connectivity index (χ0) is 19.8. The molecule has 0 saturated carbocycles. The molecule has 0 fully saturated rings. The first-order chi connectivity index (χ1) is 12.9. The number of ether oxygens (including phenoxy) is 1. The normalized spacial score (nSPS) is 11.3. The van der Waals surface area contributed by atoms with Crippen molar-refractivity contribution < 1.29 is 24.2 Å². The lowest BCUT2D eigenvalue weighted by Gasteiger charge is -2.13. The van der Waals surface area contributed by atoms with Gasteiger partial charge in [0.15, 0.2) is 0 Å². The molecule has 0 aliphatic rings. The number of hydrogen-bond acceptors (Lipinski definition) is 4. The van der Waals surface area contributed by atoms with Crippen molar-refractivity contribution in [3.63, 3.8) is 0 Å². The van der Waals surface area contributed by atoms with E-state index in [4.69, 9.17) is 9.84 Å². The summed E-state index contributed by atoms with van der Waals surface area (Å²) in [6.45, 7) is 1.40. The van der Waals surface area contributed by atoms with Gasteiger partial charge in [-0.1, -0.05) is 19.1 Å². The molecule has 142 valence electrons. The minimum absolute atomic E-state index is 0.131. The fraction of sp³-hybridized carbons (Fsp3) is 0.250. The third-order valence-corrected chi connectivity index (χ3v) is 3.96. The monoisotopic (exact) mass is 370 g/mol. The molecule has 1 unspecified atom stereocenters. The molecule has 0 spiro atoms. The molecule has 2 amide bonds. The molecule has 7 heteroatoms. The maximum absolute atomic E-state index is 12.4. The van der Waals surface area contributed by atoms with Crippen molar-refractivity contribution in [2.45, 2.75) is 13.3 Å². The molecule has 0 heterocycles. The number of hydrogen-bond donors (Lipinski definition) is 3. The van der Waals surface area contributed by atoms with Crippen molar-refractivity contribution in [2.24, 2.45) is 5.92 Å². The van der Waals surface area contributed by atoms with Gasteiger partial charge in [0.1, 0.15) is 12.3 Å². The summed E-state index contributed by atoms with van der Waals surface area (Å²) in [7, 11) is 1.60. The summed E-state index contributed by atoms with van der Waals surface area (Å²) in [5.74, 6) is -1.20. The van der Waals surface area contributed by atoms with Crippen LogP contribution in [-0.2, 0) is 16.0 Å². The number of carboxylic acids is 1. The highest BCUT2D eigenvalue weighted by molar-refractivity contribution is 5.97. The summed E-state index contributed by atoms with van der Waals surface area (Å²) < 4.78 is 5.12. The molecule has 0 radical (unpaired) electrons. The zero-order valence-corrected chi connectivity index (χ0v) is 15.2. The van der Waals surface area contributed by atoms with Gasteiger partial charge < -0.3 is 20.5 Å². The summed E-state index contributed by atoms with van der Waals surface area (Å²) in [4.78, 5) is 34.6. The van der Waals surface area contributed by atoms with Crippen LogP contribution in [0.25, 0.3) is 0 Å². The Morgan fingerprint density at radius 3 is 2.22 bits per heavy atom. The first kappa shape index (κ1) is 20.0. The molecule has 0 aromatic heterocycles. The Morgan fingerprint density at radius 1 is 1.04 bits per heavy atom. The lowest BCUT2D eigenvalue weighted by Crippen LogP contribution is -2.29. The number of carbonyl (C=O) groups is 3. The molecular weight excluding hydrogens is 348 g/mol. The van der Waals surface area contributed by atoms with Gasteiger partial charge >= 0.3 is 5.97 Å². The number of methoxy groups -OCH3 is 1. The maximum Gasteiger partial charge on any atom is 0.322 e. The molecule has 7 nitrogen and oxygen atoms in total. The second-order valence-electron chi connectivity index (χ2n) is 6.10. The highest BCUT2D eigenvalue weighted by atomic mass is 16.5. The average molecular weight is 370 g/mol. The second-order valence-corrected chi connectivity index (χ2v) is 6.10. The summed E-state index contributed by atoms with van der Waals surface area (Å²) in [6.07, 6.45) is 0.589. The van der Waals surface area contributed by atoms with Crippen molar-refractivity contribution in [3.05, 3.63) is 59.7 Å². The van der Waals surface area contributed by atoms with Gasteiger partial charge in [-0.15, -0.1) is 0 Å². The van der Waals surface area contributed by atoms with Gasteiger partial charge in [0.05, 0.1) is 7.11 Å². The van der Waals surface area contributed by atoms with E-state index in [0.717, 1.165) is 11.3 Å². The van der Waals surface area contributed by atoms with Crippen molar-refractivity contribution in [2.75, 3.05) is 19.0 Å². The van der Waals surface area contributed by atoms with E-state index in [-0.39, 0.29) is 11.8 Å². The SMILES string of the molecule is COc1ccc(CC(C)C(=O)Nc2ccc(C(=O)NCC(=O)O)cc2)cc1. The summed E-state index contributed by atoms with van der Waals surface area (Å²) >= 11 is 0. The highest BCUT2D eigenvalue weighted by Gasteiger charge is 2.14. The number of aliphatic carboxylic acids is 1. The van der Waals surface area contributed by atoms with E-state index in [1.54, 1.807) is 19.2 Å². The Kier molecular flexibility index (Phi) is 6.93. The van der Waals surface area contributed by atoms with E-state index >= 15 is 0 Å². The van der Waals surface area contributed by atoms with Crippen LogP contribution in [0.2, 0.25) is 0 Å². The van der Waals surface area contributed by atoms with E-state index in [1.807, 2.05) is 31.2 Å². The topological polar surface area (TPSA) is 105 Å². The quantitative estimate of drug-likeness (QED) is 0.661. The summed E-state index contributed by atoms with van der Waals surface area (Å²) in [6, 6.07) is 13.8. The van der Waals surface area contributed by atoms with Crippen LogP contribution in [0.1, 0.15) is 22.8 Å². The first-order valence-electron chi connectivity index (χ1n) is 8.43. The van der Waals surface area contributed by atoms with E-state index in [2.05, 4.69) is 10.6 Å². The number of carboxylic acid groups (broad SMARTS) is 1. The minimum atomic E-state index is -1.11. The Balaban J connectivity index is 1.90. The van der Waals surface area contributed by atoms with Crippen LogP contribution in [0.5, 0.6) is 5.75 Å². The van der Waals surface area contributed by atoms with Crippen molar-refractivity contribution >= 4 is 23.5 Å². The van der Waals surface area contributed by atoms with E-state index in [0.29, 0.717) is 17.7 Å². The molecule has 0 aliphatic carbocycles.